The highest BCUT2D eigenvalue weighted by atomic mass is 19.3. The molecule has 0 bridgehead atoms. The van der Waals surface area contributed by atoms with Gasteiger partial charge in [-0.1, -0.05) is 24.3 Å². The average molecular weight is 201 g/mol. The van der Waals surface area contributed by atoms with E-state index in [0.717, 1.165) is 0 Å². The van der Waals surface area contributed by atoms with Gasteiger partial charge in [-0.25, -0.2) is 8.78 Å². The standard InChI is InChI=1S/C10H13F2NO/c1-6(13)9(14)7-2-4-8(5-3-7)10(11)12/h2-6,9-10,14H,13H2,1H3. The first kappa shape index (κ1) is 11.1. The van der Waals surface area contributed by atoms with Gasteiger partial charge in [0.1, 0.15) is 0 Å². The molecule has 4 heteroatoms. The van der Waals surface area contributed by atoms with Gasteiger partial charge in [0, 0.05) is 11.6 Å². The second kappa shape index (κ2) is 4.48. The molecule has 0 fully saturated rings. The first-order valence-corrected chi connectivity index (χ1v) is 4.34. The minimum atomic E-state index is -2.48. The molecular weight excluding hydrogens is 188 g/mol. The number of nitrogens with two attached hydrogens (primary N) is 1. The second-order valence-corrected chi connectivity index (χ2v) is 3.27. The number of benzene rings is 1. The van der Waals surface area contributed by atoms with Gasteiger partial charge in [0.05, 0.1) is 6.10 Å². The predicted octanol–water partition coefficient (Wildman–Crippen LogP) is 2.00. The monoisotopic (exact) mass is 201 g/mol. The minimum absolute atomic E-state index is 0.0503. The van der Waals surface area contributed by atoms with Gasteiger partial charge in [0.15, 0.2) is 0 Å². The van der Waals surface area contributed by atoms with Crippen LogP contribution in [0.25, 0.3) is 0 Å². The van der Waals surface area contributed by atoms with Crippen molar-refractivity contribution in [3.8, 4) is 0 Å². The zero-order chi connectivity index (χ0) is 10.7. The molecule has 2 atom stereocenters. The number of hydrogen-bond donors (Lipinski definition) is 2. The van der Waals surface area contributed by atoms with E-state index in [-0.39, 0.29) is 5.56 Å². The summed E-state index contributed by atoms with van der Waals surface area (Å²) >= 11 is 0. The largest absolute Gasteiger partial charge is 0.387 e. The van der Waals surface area contributed by atoms with Crippen molar-refractivity contribution in [2.24, 2.45) is 5.73 Å². The Morgan fingerprint density at radius 2 is 1.57 bits per heavy atom. The Labute approximate surface area is 81.4 Å². The third kappa shape index (κ3) is 2.49. The molecule has 2 nitrogen and oxygen atoms in total. The fraction of sp³-hybridized carbons (Fsp3) is 0.400. The van der Waals surface area contributed by atoms with Crippen molar-refractivity contribution in [2.45, 2.75) is 25.5 Å². The van der Waals surface area contributed by atoms with Crippen LogP contribution in [0.15, 0.2) is 24.3 Å². The van der Waals surface area contributed by atoms with E-state index in [4.69, 9.17) is 5.73 Å². The van der Waals surface area contributed by atoms with E-state index in [0.29, 0.717) is 5.56 Å². The zero-order valence-corrected chi connectivity index (χ0v) is 7.82. The maximum atomic E-state index is 12.2. The Hall–Kier alpha value is -1.00. The van der Waals surface area contributed by atoms with Crippen LogP contribution in [0.3, 0.4) is 0 Å². The predicted molar refractivity (Wildman–Crippen MR) is 50.0 cm³/mol. The Morgan fingerprint density at radius 1 is 1.14 bits per heavy atom. The summed E-state index contributed by atoms with van der Waals surface area (Å²) in [5.74, 6) is 0. The molecule has 0 spiro atoms. The van der Waals surface area contributed by atoms with Gasteiger partial charge >= 0.3 is 0 Å². The number of aliphatic hydroxyl groups is 1. The van der Waals surface area contributed by atoms with Crippen LogP contribution in [0.4, 0.5) is 8.78 Å². The highest BCUT2D eigenvalue weighted by Gasteiger charge is 2.13. The van der Waals surface area contributed by atoms with Crippen LogP contribution in [0.2, 0.25) is 0 Å². The number of hydrogen-bond acceptors (Lipinski definition) is 2. The summed E-state index contributed by atoms with van der Waals surface area (Å²) in [4.78, 5) is 0. The van der Waals surface area contributed by atoms with Crippen LogP contribution in [-0.2, 0) is 0 Å². The number of aliphatic hydroxyl groups excluding tert-OH is 1. The quantitative estimate of drug-likeness (QED) is 0.785. The minimum Gasteiger partial charge on any atom is -0.387 e. The molecule has 0 aliphatic carbocycles. The summed E-state index contributed by atoms with van der Waals surface area (Å²) in [6, 6.07) is 5.12. The molecule has 0 heterocycles. The van der Waals surface area contributed by atoms with E-state index in [9.17, 15) is 13.9 Å². The fourth-order valence-electron chi connectivity index (χ4n) is 1.14. The third-order valence-electron chi connectivity index (χ3n) is 2.03. The molecule has 14 heavy (non-hydrogen) atoms. The van der Waals surface area contributed by atoms with Crippen LogP contribution in [-0.4, -0.2) is 11.1 Å². The van der Waals surface area contributed by atoms with Crippen LogP contribution >= 0.6 is 0 Å². The number of rotatable bonds is 3. The highest BCUT2D eigenvalue weighted by molar-refractivity contribution is 5.25. The SMILES string of the molecule is CC(N)C(O)c1ccc(C(F)F)cc1. The van der Waals surface area contributed by atoms with E-state index >= 15 is 0 Å². The van der Waals surface area contributed by atoms with Crippen molar-refractivity contribution >= 4 is 0 Å². The molecule has 0 saturated carbocycles. The van der Waals surface area contributed by atoms with Crippen molar-refractivity contribution in [1.29, 1.82) is 0 Å². The van der Waals surface area contributed by atoms with Gasteiger partial charge in [-0.2, -0.15) is 0 Å². The summed E-state index contributed by atoms with van der Waals surface area (Å²) in [6.07, 6.45) is -3.28. The normalized spacial score (nSPS) is 15.6. The van der Waals surface area contributed by atoms with Crippen LogP contribution in [0.1, 0.15) is 30.6 Å². The molecule has 1 aromatic rings. The lowest BCUT2D eigenvalue weighted by molar-refractivity contribution is 0.148. The van der Waals surface area contributed by atoms with E-state index in [2.05, 4.69) is 0 Å². The van der Waals surface area contributed by atoms with Crippen molar-refractivity contribution in [2.75, 3.05) is 0 Å². The average Bonchev–Trinajstić information content (AvgIpc) is 2.16. The molecule has 0 aromatic heterocycles. The summed E-state index contributed by atoms with van der Waals surface area (Å²) in [7, 11) is 0. The first-order valence-electron chi connectivity index (χ1n) is 4.34. The maximum Gasteiger partial charge on any atom is 0.263 e. The van der Waals surface area contributed by atoms with E-state index in [1.807, 2.05) is 0 Å². The summed E-state index contributed by atoms with van der Waals surface area (Å²) < 4.78 is 24.3. The van der Waals surface area contributed by atoms with Gasteiger partial charge in [0.25, 0.3) is 6.43 Å². The molecule has 0 radical (unpaired) electrons. The van der Waals surface area contributed by atoms with Gasteiger partial charge in [-0.15, -0.1) is 0 Å². The number of halogens is 2. The van der Waals surface area contributed by atoms with Crippen LogP contribution in [0, 0.1) is 0 Å². The highest BCUT2D eigenvalue weighted by Crippen LogP contribution is 2.22. The molecule has 0 aliphatic heterocycles. The zero-order valence-electron chi connectivity index (χ0n) is 7.82. The van der Waals surface area contributed by atoms with Gasteiger partial charge < -0.3 is 10.8 Å². The second-order valence-electron chi connectivity index (χ2n) is 3.27. The molecule has 0 aliphatic rings. The first-order chi connectivity index (χ1) is 6.52. The molecular formula is C10H13F2NO. The lowest BCUT2D eigenvalue weighted by Crippen LogP contribution is -2.24. The Balaban J connectivity index is 2.83. The maximum absolute atomic E-state index is 12.2. The lowest BCUT2D eigenvalue weighted by atomic mass is 10.0. The molecule has 2 unspecified atom stereocenters. The Kier molecular flexibility index (Phi) is 3.55. The Morgan fingerprint density at radius 3 is 1.93 bits per heavy atom. The van der Waals surface area contributed by atoms with Crippen molar-refractivity contribution in [3.05, 3.63) is 35.4 Å². The van der Waals surface area contributed by atoms with E-state index in [1.165, 1.54) is 24.3 Å². The summed E-state index contributed by atoms with van der Waals surface area (Å²) in [5, 5.41) is 9.51. The topological polar surface area (TPSA) is 46.2 Å². The molecule has 1 aromatic carbocycles. The molecule has 0 amide bonds. The van der Waals surface area contributed by atoms with Crippen LogP contribution in [0.5, 0.6) is 0 Å². The summed E-state index contributed by atoms with van der Waals surface area (Å²) in [6.45, 7) is 1.66. The molecule has 78 valence electrons. The van der Waals surface area contributed by atoms with Crippen molar-refractivity contribution < 1.29 is 13.9 Å². The smallest absolute Gasteiger partial charge is 0.263 e. The Bertz CT molecular complexity index is 285. The summed E-state index contributed by atoms with van der Waals surface area (Å²) in [5.41, 5.74) is 5.98. The van der Waals surface area contributed by atoms with Crippen molar-refractivity contribution in [3.63, 3.8) is 0 Å². The third-order valence-corrected chi connectivity index (χ3v) is 2.03. The lowest BCUT2D eigenvalue weighted by Gasteiger charge is -2.14. The van der Waals surface area contributed by atoms with Crippen molar-refractivity contribution in [1.82, 2.24) is 0 Å². The van der Waals surface area contributed by atoms with Gasteiger partial charge in [-0.3, -0.25) is 0 Å². The molecule has 3 N–H and O–H groups in total. The fourth-order valence-corrected chi connectivity index (χ4v) is 1.14. The van der Waals surface area contributed by atoms with Gasteiger partial charge in [-0.05, 0) is 12.5 Å². The van der Waals surface area contributed by atoms with Crippen LogP contribution < -0.4 is 5.73 Å². The van der Waals surface area contributed by atoms with E-state index in [1.54, 1.807) is 6.92 Å². The molecule has 0 saturated heterocycles. The molecule has 1 rings (SSSR count). The van der Waals surface area contributed by atoms with Gasteiger partial charge in [0.2, 0.25) is 0 Å². The number of alkyl halides is 2. The van der Waals surface area contributed by atoms with E-state index < -0.39 is 18.6 Å².